The van der Waals surface area contributed by atoms with Crippen LogP contribution in [0.25, 0.3) is 0 Å². The number of halogens is 1. The Bertz CT molecular complexity index is 575. The van der Waals surface area contributed by atoms with E-state index in [1.807, 2.05) is 0 Å². The van der Waals surface area contributed by atoms with Gasteiger partial charge in [-0.2, -0.15) is 0 Å². The number of benzene rings is 1. The molecule has 0 unspecified atom stereocenters. The number of aliphatic carboxylic acids is 1. The minimum absolute atomic E-state index is 0.0113. The van der Waals surface area contributed by atoms with Gasteiger partial charge in [-0.05, 0) is 12.1 Å². The van der Waals surface area contributed by atoms with Crippen molar-refractivity contribution in [3.8, 4) is 0 Å². The summed E-state index contributed by atoms with van der Waals surface area (Å²) in [6.45, 7) is -1.04. The standard InChI is InChI=1S/C12H11ClN2O6/c13-21-10(18)6-15-12(20)8-4-2-1-3-7(8)11(19)14-5-9(16)17/h1-4H,5-6H2,(H,14,19)(H,15,20)(H,16,17). The summed E-state index contributed by atoms with van der Waals surface area (Å²) in [7, 11) is 0. The Labute approximate surface area is 124 Å². The number of carbonyl (C=O) groups excluding carboxylic acids is 3. The van der Waals surface area contributed by atoms with Gasteiger partial charge in [0.25, 0.3) is 11.8 Å². The molecule has 0 heterocycles. The number of carboxylic acids is 1. The molecule has 1 rings (SSSR count). The number of amides is 2. The second-order valence-corrected chi connectivity index (χ2v) is 3.91. The van der Waals surface area contributed by atoms with E-state index in [2.05, 4.69) is 14.9 Å². The van der Waals surface area contributed by atoms with Crippen molar-refractivity contribution in [3.05, 3.63) is 35.4 Å². The fourth-order valence-corrected chi connectivity index (χ4v) is 1.46. The molecule has 0 aromatic heterocycles. The minimum Gasteiger partial charge on any atom is -0.480 e. The van der Waals surface area contributed by atoms with Gasteiger partial charge in [0, 0.05) is 0 Å². The van der Waals surface area contributed by atoms with Crippen LogP contribution in [0.2, 0.25) is 0 Å². The van der Waals surface area contributed by atoms with E-state index in [9.17, 15) is 19.2 Å². The summed E-state index contributed by atoms with van der Waals surface area (Å²) in [5.74, 6) is -3.49. The lowest BCUT2D eigenvalue weighted by Crippen LogP contribution is -2.34. The molecular weight excluding hydrogens is 304 g/mol. The van der Waals surface area contributed by atoms with Gasteiger partial charge in [-0.1, -0.05) is 12.1 Å². The Morgan fingerprint density at radius 3 is 1.90 bits per heavy atom. The van der Waals surface area contributed by atoms with Crippen LogP contribution in [-0.2, 0) is 13.9 Å². The highest BCUT2D eigenvalue weighted by Gasteiger charge is 2.17. The van der Waals surface area contributed by atoms with Crippen LogP contribution in [0.5, 0.6) is 0 Å². The van der Waals surface area contributed by atoms with Crippen molar-refractivity contribution < 1.29 is 28.6 Å². The van der Waals surface area contributed by atoms with Gasteiger partial charge in [-0.3, -0.25) is 14.4 Å². The van der Waals surface area contributed by atoms with Crippen molar-refractivity contribution in [2.75, 3.05) is 13.1 Å². The maximum atomic E-state index is 11.9. The second kappa shape index (κ2) is 7.85. The van der Waals surface area contributed by atoms with Gasteiger partial charge in [0.1, 0.15) is 25.0 Å². The quantitative estimate of drug-likeness (QED) is 0.675. The van der Waals surface area contributed by atoms with Crippen molar-refractivity contribution in [2.24, 2.45) is 0 Å². The Balaban J connectivity index is 2.83. The second-order valence-electron chi connectivity index (χ2n) is 3.75. The lowest BCUT2D eigenvalue weighted by atomic mass is 10.1. The van der Waals surface area contributed by atoms with E-state index < -0.39 is 36.8 Å². The van der Waals surface area contributed by atoms with Crippen LogP contribution in [0.3, 0.4) is 0 Å². The van der Waals surface area contributed by atoms with Gasteiger partial charge in [-0.15, -0.1) is 0 Å². The third-order valence-electron chi connectivity index (χ3n) is 2.30. The predicted molar refractivity (Wildman–Crippen MR) is 70.7 cm³/mol. The Kier molecular flexibility index (Phi) is 6.15. The van der Waals surface area contributed by atoms with Gasteiger partial charge >= 0.3 is 11.9 Å². The van der Waals surface area contributed by atoms with Crippen LogP contribution in [-0.4, -0.2) is 41.9 Å². The normalized spacial score (nSPS) is 9.57. The number of carboxylic acid groups (broad SMARTS) is 1. The van der Waals surface area contributed by atoms with Crippen molar-refractivity contribution in [2.45, 2.75) is 0 Å². The van der Waals surface area contributed by atoms with Crippen molar-refractivity contribution in [1.82, 2.24) is 10.6 Å². The molecule has 0 radical (unpaired) electrons. The summed E-state index contributed by atoms with van der Waals surface area (Å²) in [6.07, 6.45) is 0. The van der Waals surface area contributed by atoms with Crippen LogP contribution in [0.15, 0.2) is 24.3 Å². The van der Waals surface area contributed by atoms with Gasteiger partial charge in [-0.25, -0.2) is 4.79 Å². The van der Waals surface area contributed by atoms with E-state index >= 15 is 0 Å². The SMILES string of the molecule is O=C(O)CNC(=O)c1ccccc1C(=O)NCC(=O)OCl. The summed E-state index contributed by atoms with van der Waals surface area (Å²) in [6, 6.07) is 5.74. The molecule has 0 spiro atoms. The topological polar surface area (TPSA) is 122 Å². The third kappa shape index (κ3) is 5.11. The molecule has 0 bridgehead atoms. The molecule has 2 amide bonds. The molecule has 0 aliphatic heterocycles. The predicted octanol–water partition coefficient (Wildman–Crippen LogP) is -0.0722. The van der Waals surface area contributed by atoms with E-state index in [1.54, 1.807) is 0 Å². The van der Waals surface area contributed by atoms with Gasteiger partial charge in [0.05, 0.1) is 11.1 Å². The number of carbonyl (C=O) groups is 4. The van der Waals surface area contributed by atoms with E-state index in [4.69, 9.17) is 17.0 Å². The molecular formula is C12H11ClN2O6. The fourth-order valence-electron chi connectivity index (χ4n) is 1.41. The van der Waals surface area contributed by atoms with Crippen molar-refractivity contribution >= 4 is 35.6 Å². The molecule has 0 saturated carbocycles. The number of hydrogen-bond donors (Lipinski definition) is 3. The lowest BCUT2D eigenvalue weighted by Gasteiger charge is -2.09. The van der Waals surface area contributed by atoms with Crippen molar-refractivity contribution in [1.29, 1.82) is 0 Å². The molecule has 0 aliphatic rings. The highest BCUT2D eigenvalue weighted by molar-refractivity contribution is 6.14. The Morgan fingerprint density at radius 2 is 1.48 bits per heavy atom. The number of hydrogen-bond acceptors (Lipinski definition) is 5. The van der Waals surface area contributed by atoms with Crippen LogP contribution in [0.1, 0.15) is 20.7 Å². The average Bonchev–Trinajstić information content (AvgIpc) is 2.49. The summed E-state index contributed by atoms with van der Waals surface area (Å²) in [5, 5.41) is 12.9. The molecule has 0 fully saturated rings. The zero-order chi connectivity index (χ0) is 15.8. The molecule has 1 aromatic rings. The van der Waals surface area contributed by atoms with E-state index in [1.165, 1.54) is 24.3 Å². The first-order chi connectivity index (χ1) is 9.95. The highest BCUT2D eigenvalue weighted by atomic mass is 35.5. The smallest absolute Gasteiger partial charge is 0.343 e. The molecule has 112 valence electrons. The first kappa shape index (κ1) is 16.4. The Hall–Kier alpha value is -2.61. The monoisotopic (exact) mass is 314 g/mol. The van der Waals surface area contributed by atoms with E-state index in [-0.39, 0.29) is 11.1 Å². The molecule has 1 aromatic carbocycles. The maximum absolute atomic E-state index is 11.9. The third-order valence-corrected chi connectivity index (χ3v) is 2.47. The summed E-state index contributed by atoms with van der Waals surface area (Å²) in [4.78, 5) is 44.9. The maximum Gasteiger partial charge on any atom is 0.343 e. The van der Waals surface area contributed by atoms with Gasteiger partial charge in [0.15, 0.2) is 0 Å². The minimum atomic E-state index is -1.21. The molecule has 3 N–H and O–H groups in total. The van der Waals surface area contributed by atoms with E-state index in [0.717, 1.165) is 0 Å². The Morgan fingerprint density at radius 1 is 1.00 bits per heavy atom. The molecule has 9 heteroatoms. The highest BCUT2D eigenvalue weighted by Crippen LogP contribution is 2.08. The summed E-state index contributed by atoms with van der Waals surface area (Å²) < 4.78 is 3.85. The van der Waals surface area contributed by atoms with Crippen molar-refractivity contribution in [3.63, 3.8) is 0 Å². The largest absolute Gasteiger partial charge is 0.480 e. The zero-order valence-corrected chi connectivity index (χ0v) is 11.3. The number of rotatable bonds is 6. The molecule has 0 saturated heterocycles. The number of nitrogens with one attached hydrogen (secondary N) is 2. The average molecular weight is 315 g/mol. The summed E-state index contributed by atoms with van der Waals surface area (Å²) in [5.41, 5.74) is -0.0294. The summed E-state index contributed by atoms with van der Waals surface area (Å²) >= 11 is 4.81. The van der Waals surface area contributed by atoms with Crippen LogP contribution in [0.4, 0.5) is 0 Å². The molecule has 21 heavy (non-hydrogen) atoms. The molecule has 0 atom stereocenters. The van der Waals surface area contributed by atoms with Gasteiger partial charge < -0.3 is 20.0 Å². The molecule has 8 nitrogen and oxygen atoms in total. The lowest BCUT2D eigenvalue weighted by molar-refractivity contribution is -0.136. The zero-order valence-electron chi connectivity index (χ0n) is 10.6. The van der Waals surface area contributed by atoms with Crippen LogP contribution < -0.4 is 10.6 Å². The van der Waals surface area contributed by atoms with E-state index in [0.29, 0.717) is 0 Å². The first-order valence-corrected chi connectivity index (χ1v) is 5.95. The first-order valence-electron chi connectivity index (χ1n) is 5.64. The van der Waals surface area contributed by atoms with Crippen LogP contribution in [0, 0.1) is 0 Å². The fraction of sp³-hybridized carbons (Fsp3) is 0.167. The van der Waals surface area contributed by atoms with Gasteiger partial charge in [0.2, 0.25) is 0 Å². The molecule has 0 aliphatic carbocycles. The van der Waals surface area contributed by atoms with Crippen LogP contribution >= 0.6 is 11.9 Å².